The molecule has 1 heterocycles. The summed E-state index contributed by atoms with van der Waals surface area (Å²) in [7, 11) is 0. The van der Waals surface area contributed by atoms with Crippen LogP contribution in [0.4, 0.5) is 0 Å². The lowest BCUT2D eigenvalue weighted by Crippen LogP contribution is -2.25. The number of nitrogens with zero attached hydrogens (tertiary/aromatic N) is 4. The Morgan fingerprint density at radius 1 is 1.35 bits per heavy atom. The van der Waals surface area contributed by atoms with Gasteiger partial charge in [-0.2, -0.15) is 0 Å². The minimum absolute atomic E-state index is 0.0594. The number of halogens is 1. The van der Waals surface area contributed by atoms with Crippen molar-refractivity contribution in [3.8, 4) is 0 Å². The average molecular weight is 352 g/mol. The van der Waals surface area contributed by atoms with Crippen molar-refractivity contribution < 1.29 is 4.79 Å². The molecule has 1 aliphatic carbocycles. The summed E-state index contributed by atoms with van der Waals surface area (Å²) in [6.07, 6.45) is 4.65. The van der Waals surface area contributed by atoms with Crippen LogP contribution in [0.3, 0.4) is 0 Å². The van der Waals surface area contributed by atoms with Gasteiger partial charge in [-0.3, -0.25) is 4.79 Å². The Kier molecular flexibility index (Phi) is 5.51. The number of nitrogens with one attached hydrogen (secondary N) is 1. The fourth-order valence-corrected chi connectivity index (χ4v) is 3.65. The molecule has 1 aliphatic rings. The molecule has 2 aromatic rings. The van der Waals surface area contributed by atoms with Crippen LogP contribution in [0, 0.1) is 0 Å². The van der Waals surface area contributed by atoms with Gasteiger partial charge in [-0.05, 0) is 34.9 Å². The van der Waals surface area contributed by atoms with Gasteiger partial charge in [0.2, 0.25) is 11.1 Å². The highest BCUT2D eigenvalue weighted by molar-refractivity contribution is 7.99. The summed E-state index contributed by atoms with van der Waals surface area (Å²) in [5, 5.41) is 16.1. The van der Waals surface area contributed by atoms with Gasteiger partial charge in [-0.25, -0.2) is 4.68 Å². The summed E-state index contributed by atoms with van der Waals surface area (Å²) in [5.41, 5.74) is 0.906. The van der Waals surface area contributed by atoms with Gasteiger partial charge in [0.15, 0.2) is 0 Å². The van der Waals surface area contributed by atoms with E-state index in [4.69, 9.17) is 11.6 Å². The number of hydrogen-bond donors (Lipinski definition) is 1. The summed E-state index contributed by atoms with van der Waals surface area (Å²) in [6.45, 7) is 0.423. The number of aromatic nitrogens is 4. The number of carbonyl (C=O) groups is 1. The summed E-state index contributed by atoms with van der Waals surface area (Å²) in [5.74, 6) is 0.230. The molecular weight excluding hydrogens is 334 g/mol. The van der Waals surface area contributed by atoms with Crippen molar-refractivity contribution in [2.75, 3.05) is 5.75 Å². The average Bonchev–Trinajstić information content (AvgIpc) is 3.22. The van der Waals surface area contributed by atoms with Crippen molar-refractivity contribution in [1.29, 1.82) is 0 Å². The highest BCUT2D eigenvalue weighted by Gasteiger charge is 2.22. The van der Waals surface area contributed by atoms with E-state index in [0.717, 1.165) is 18.4 Å². The Morgan fingerprint density at radius 2 is 2.13 bits per heavy atom. The summed E-state index contributed by atoms with van der Waals surface area (Å²) in [4.78, 5) is 12.0. The Balaban J connectivity index is 1.50. The smallest absolute Gasteiger partial charge is 0.230 e. The first-order valence-electron chi connectivity index (χ1n) is 7.65. The molecule has 1 N–H and O–H groups in total. The van der Waals surface area contributed by atoms with E-state index >= 15 is 0 Å². The number of hydrogen-bond acceptors (Lipinski definition) is 5. The fourth-order valence-electron chi connectivity index (χ4n) is 2.68. The third-order valence-electron chi connectivity index (χ3n) is 3.90. The monoisotopic (exact) mass is 351 g/mol. The first-order valence-corrected chi connectivity index (χ1v) is 9.01. The standard InChI is InChI=1S/C15H18ClN5OS/c16-13-8-4-1-5-11(13)9-17-14(22)10-23-15-18-19-20-21(15)12-6-2-3-7-12/h1,4-5,8,12H,2-3,6-7,9-10H2,(H,17,22). The maximum Gasteiger partial charge on any atom is 0.230 e. The first-order chi connectivity index (χ1) is 11.2. The lowest BCUT2D eigenvalue weighted by Gasteiger charge is -2.11. The largest absolute Gasteiger partial charge is 0.351 e. The number of amides is 1. The molecule has 6 nitrogen and oxygen atoms in total. The maximum atomic E-state index is 12.0. The van der Waals surface area contributed by atoms with Crippen LogP contribution >= 0.6 is 23.4 Å². The number of rotatable bonds is 6. The van der Waals surface area contributed by atoms with Crippen LogP contribution in [0.15, 0.2) is 29.4 Å². The van der Waals surface area contributed by atoms with Gasteiger partial charge in [0.25, 0.3) is 0 Å². The van der Waals surface area contributed by atoms with Gasteiger partial charge < -0.3 is 5.32 Å². The van der Waals surface area contributed by atoms with Crippen LogP contribution in [0.1, 0.15) is 37.3 Å². The van der Waals surface area contributed by atoms with E-state index in [-0.39, 0.29) is 11.7 Å². The number of carbonyl (C=O) groups excluding carboxylic acids is 1. The molecule has 0 radical (unpaired) electrons. The lowest BCUT2D eigenvalue weighted by molar-refractivity contribution is -0.118. The van der Waals surface area contributed by atoms with Gasteiger partial charge in [0.05, 0.1) is 11.8 Å². The molecule has 0 aliphatic heterocycles. The van der Waals surface area contributed by atoms with Crippen LogP contribution in [0.25, 0.3) is 0 Å². The molecule has 0 bridgehead atoms. The van der Waals surface area contributed by atoms with Crippen LogP contribution in [-0.2, 0) is 11.3 Å². The molecular formula is C15H18ClN5OS. The molecule has 1 amide bonds. The van der Waals surface area contributed by atoms with E-state index in [1.807, 2.05) is 28.9 Å². The number of benzene rings is 1. The highest BCUT2D eigenvalue weighted by atomic mass is 35.5. The number of tetrazole rings is 1. The van der Waals surface area contributed by atoms with Crippen molar-refractivity contribution >= 4 is 29.3 Å². The third-order valence-corrected chi connectivity index (χ3v) is 5.20. The quantitative estimate of drug-likeness (QED) is 0.810. The summed E-state index contributed by atoms with van der Waals surface area (Å²) < 4.78 is 1.86. The Morgan fingerprint density at radius 3 is 2.91 bits per heavy atom. The molecule has 1 aromatic heterocycles. The van der Waals surface area contributed by atoms with E-state index in [2.05, 4.69) is 20.8 Å². The van der Waals surface area contributed by atoms with E-state index in [0.29, 0.717) is 22.8 Å². The zero-order valence-electron chi connectivity index (χ0n) is 12.6. The minimum Gasteiger partial charge on any atom is -0.351 e. The van der Waals surface area contributed by atoms with Crippen molar-refractivity contribution in [2.45, 2.75) is 43.4 Å². The predicted octanol–water partition coefficient (Wildman–Crippen LogP) is 2.85. The molecule has 8 heteroatoms. The molecule has 1 fully saturated rings. The normalized spacial score (nSPS) is 15.0. The van der Waals surface area contributed by atoms with Gasteiger partial charge >= 0.3 is 0 Å². The van der Waals surface area contributed by atoms with Crippen LogP contribution in [0.2, 0.25) is 5.02 Å². The molecule has 1 saturated carbocycles. The second-order valence-corrected chi connectivity index (χ2v) is 6.85. The van der Waals surface area contributed by atoms with Crippen LogP contribution in [0.5, 0.6) is 0 Å². The fraction of sp³-hybridized carbons (Fsp3) is 0.467. The number of thioether (sulfide) groups is 1. The van der Waals surface area contributed by atoms with Crippen molar-refractivity contribution in [1.82, 2.24) is 25.5 Å². The summed E-state index contributed by atoms with van der Waals surface area (Å²) in [6, 6.07) is 7.85. The molecule has 23 heavy (non-hydrogen) atoms. The van der Waals surface area contributed by atoms with Crippen LogP contribution in [-0.4, -0.2) is 31.9 Å². The molecule has 0 saturated heterocycles. The zero-order chi connectivity index (χ0) is 16.1. The Labute approximate surface area is 144 Å². The Bertz CT molecular complexity index is 671. The highest BCUT2D eigenvalue weighted by Crippen LogP contribution is 2.31. The van der Waals surface area contributed by atoms with E-state index < -0.39 is 0 Å². The summed E-state index contributed by atoms with van der Waals surface area (Å²) >= 11 is 7.44. The van der Waals surface area contributed by atoms with Gasteiger partial charge in [-0.15, -0.1) is 5.10 Å². The Hall–Kier alpha value is -1.60. The van der Waals surface area contributed by atoms with E-state index in [1.54, 1.807) is 0 Å². The molecule has 1 aromatic carbocycles. The predicted molar refractivity (Wildman–Crippen MR) is 89.3 cm³/mol. The van der Waals surface area contributed by atoms with Crippen LogP contribution < -0.4 is 5.32 Å². The SMILES string of the molecule is O=C(CSc1nnnn1C1CCCC1)NCc1ccccc1Cl. The molecule has 122 valence electrons. The lowest BCUT2D eigenvalue weighted by atomic mass is 10.2. The minimum atomic E-state index is -0.0594. The first kappa shape index (κ1) is 16.3. The second-order valence-electron chi connectivity index (χ2n) is 5.50. The second kappa shape index (κ2) is 7.79. The molecule has 0 unspecified atom stereocenters. The van der Waals surface area contributed by atoms with Gasteiger partial charge in [0, 0.05) is 11.6 Å². The third kappa shape index (κ3) is 4.23. The van der Waals surface area contributed by atoms with Crippen molar-refractivity contribution in [3.05, 3.63) is 34.9 Å². The van der Waals surface area contributed by atoms with Crippen molar-refractivity contribution in [3.63, 3.8) is 0 Å². The van der Waals surface area contributed by atoms with Gasteiger partial charge in [0.1, 0.15) is 0 Å². The molecule has 3 rings (SSSR count). The topological polar surface area (TPSA) is 72.7 Å². The van der Waals surface area contributed by atoms with E-state index in [9.17, 15) is 4.79 Å². The zero-order valence-corrected chi connectivity index (χ0v) is 14.2. The molecule has 0 atom stereocenters. The maximum absolute atomic E-state index is 12.0. The molecule has 0 spiro atoms. The van der Waals surface area contributed by atoms with Gasteiger partial charge in [-0.1, -0.05) is 54.4 Å². The van der Waals surface area contributed by atoms with E-state index in [1.165, 1.54) is 24.6 Å². The van der Waals surface area contributed by atoms with Crippen molar-refractivity contribution in [2.24, 2.45) is 0 Å².